The van der Waals surface area contributed by atoms with E-state index in [-0.39, 0.29) is 87.7 Å². The molecule has 4 atom stereocenters. The predicted octanol–water partition coefficient (Wildman–Crippen LogP) is 4.10. The first-order chi connectivity index (χ1) is 33.6. The molecule has 400 valence electrons. The number of halogens is 6. The second kappa shape index (κ2) is 31.2. The zero-order chi connectivity index (χ0) is 55.1. The molecule has 0 aromatic heterocycles. The number of hydrogen-bond donors (Lipinski definition) is 4. The maximum atomic E-state index is 14.3. The van der Waals surface area contributed by atoms with Crippen molar-refractivity contribution in [3.63, 3.8) is 0 Å². The topological polar surface area (TPSA) is 294 Å². The van der Waals surface area contributed by atoms with E-state index in [0.29, 0.717) is 19.8 Å². The Morgan fingerprint density at radius 2 is 0.778 bits per heavy atom. The maximum absolute atomic E-state index is 14.3. The van der Waals surface area contributed by atoms with Crippen LogP contribution >= 0.6 is 136 Å². The van der Waals surface area contributed by atoms with Crippen LogP contribution in [0.4, 0.5) is 22.7 Å². The normalized spacial score (nSPS) is 12.6. The third kappa shape index (κ3) is 18.0. The number of hydrogen-bond acceptors (Lipinski definition) is 18. The van der Waals surface area contributed by atoms with Crippen LogP contribution in [0.1, 0.15) is 72.9 Å². The van der Waals surface area contributed by atoms with Crippen LogP contribution in [-0.2, 0) is 79.9 Å². The van der Waals surface area contributed by atoms with Gasteiger partial charge >= 0.3 is 29.8 Å². The molecule has 28 heteroatoms. The molecule has 2 rings (SSSR count). The number of carbonyl (C=O) groups is 9. The van der Waals surface area contributed by atoms with Crippen LogP contribution in [0.25, 0.3) is 0 Å². The minimum atomic E-state index is -1.53. The lowest BCUT2D eigenvalue weighted by molar-refractivity contribution is -0.152. The fraction of sp³-hybridized carbons (Fsp3) is 0.523. The third-order valence-electron chi connectivity index (χ3n) is 9.81. The van der Waals surface area contributed by atoms with Gasteiger partial charge in [0.2, 0.25) is 0 Å². The molecule has 0 spiro atoms. The Hall–Kier alpha value is -2.11. The summed E-state index contributed by atoms with van der Waals surface area (Å²) in [6, 6.07) is 0. The fourth-order valence-corrected chi connectivity index (χ4v) is 16.2. The van der Waals surface area contributed by atoms with Gasteiger partial charge in [0, 0.05) is 67.0 Å². The van der Waals surface area contributed by atoms with Crippen molar-refractivity contribution in [1.29, 1.82) is 0 Å². The van der Waals surface area contributed by atoms with Crippen LogP contribution in [0.2, 0.25) is 0 Å². The fourth-order valence-electron chi connectivity index (χ4n) is 6.70. The Labute approximate surface area is 497 Å². The number of esters is 5. The van der Waals surface area contributed by atoms with Crippen molar-refractivity contribution in [2.75, 3.05) is 72.2 Å². The minimum Gasteiger partial charge on any atom is -0.464 e. The molecular formula is C44H54I6N4O18. The van der Waals surface area contributed by atoms with E-state index in [2.05, 4.69) is 0 Å². The summed E-state index contributed by atoms with van der Waals surface area (Å²) in [6.45, 7) is 6.42. The standard InChI is InChI=1S/C44H54I6N4O18/c1-20(57)41(64)51(11-15-55)39-33(47)29(34(48)40(36(39)50)52(12-16-56)42(65)21(2)58)19-70-30(63)10-9-28-31(45)37(53(13-17-68-24(5)59)43(66)22(3)71-26(7)61)35(49)38(32(28)46)54(14-18-69-25(6)60)44(67)23(4)72-27(8)62/h20-23,55-58H,9-19H2,1-8H3. The average molecular weight is 1690 g/mol. The summed E-state index contributed by atoms with van der Waals surface area (Å²) in [4.78, 5) is 122. The number of amides is 4. The first-order valence-electron chi connectivity index (χ1n) is 21.6. The van der Waals surface area contributed by atoms with Gasteiger partial charge < -0.3 is 63.7 Å². The number of anilines is 4. The first-order valence-corrected chi connectivity index (χ1v) is 28.0. The van der Waals surface area contributed by atoms with Crippen molar-refractivity contribution in [3.8, 4) is 0 Å². The molecule has 0 aliphatic heterocycles. The molecule has 72 heavy (non-hydrogen) atoms. The molecule has 0 radical (unpaired) electrons. The van der Waals surface area contributed by atoms with Crippen LogP contribution in [0.15, 0.2) is 0 Å². The Bertz CT molecular complexity index is 2250. The third-order valence-corrected chi connectivity index (χ3v) is 16.5. The number of carbonyl (C=O) groups excluding carboxylic acids is 9. The number of benzene rings is 2. The quantitative estimate of drug-likeness (QED) is 0.0618. The molecule has 4 N–H and O–H groups in total. The Morgan fingerprint density at radius 1 is 0.458 bits per heavy atom. The van der Waals surface area contributed by atoms with Gasteiger partial charge in [-0.2, -0.15) is 0 Å². The van der Waals surface area contributed by atoms with Gasteiger partial charge in [-0.15, -0.1) is 0 Å². The van der Waals surface area contributed by atoms with E-state index in [1.54, 1.807) is 0 Å². The minimum absolute atomic E-state index is 0.124. The van der Waals surface area contributed by atoms with E-state index in [1.165, 1.54) is 51.3 Å². The summed E-state index contributed by atoms with van der Waals surface area (Å²) in [5.74, 6) is -6.73. The number of aliphatic hydroxyl groups is 4. The lowest BCUT2D eigenvalue weighted by atomic mass is 10.1. The largest absolute Gasteiger partial charge is 0.464 e. The summed E-state index contributed by atoms with van der Waals surface area (Å²) in [5.41, 5.74) is 1.27. The lowest BCUT2D eigenvalue weighted by Gasteiger charge is -2.33. The molecule has 0 aliphatic rings. The molecular weight excluding hydrogens is 1630 g/mol. The lowest BCUT2D eigenvalue weighted by Crippen LogP contribution is -2.45. The number of rotatable bonds is 25. The Morgan fingerprint density at radius 3 is 1.07 bits per heavy atom. The highest BCUT2D eigenvalue weighted by atomic mass is 127. The molecule has 0 saturated carbocycles. The number of aliphatic hydroxyl groups excluding tert-OH is 4. The van der Waals surface area contributed by atoms with Crippen molar-refractivity contribution in [3.05, 3.63) is 32.5 Å². The molecule has 0 saturated heterocycles. The van der Waals surface area contributed by atoms with Gasteiger partial charge in [-0.05, 0) is 175 Å². The van der Waals surface area contributed by atoms with Crippen molar-refractivity contribution >= 4 is 212 Å². The van der Waals surface area contributed by atoms with Gasteiger partial charge in [0.15, 0.2) is 12.2 Å². The highest BCUT2D eigenvalue weighted by molar-refractivity contribution is 14.1. The molecule has 2 aromatic rings. The second-order valence-corrected chi connectivity index (χ2v) is 21.8. The van der Waals surface area contributed by atoms with Gasteiger partial charge in [0.05, 0.1) is 56.2 Å². The molecule has 0 aliphatic carbocycles. The summed E-state index contributed by atoms with van der Waals surface area (Å²) < 4.78 is 28.8. The summed E-state index contributed by atoms with van der Waals surface area (Å²) in [6.07, 6.45) is -6.27. The van der Waals surface area contributed by atoms with Gasteiger partial charge in [0.1, 0.15) is 32.0 Å². The van der Waals surface area contributed by atoms with Crippen molar-refractivity contribution in [2.45, 2.75) is 99.3 Å². The van der Waals surface area contributed by atoms with E-state index in [9.17, 15) is 63.6 Å². The zero-order valence-electron chi connectivity index (χ0n) is 40.1. The summed E-state index contributed by atoms with van der Waals surface area (Å²) in [7, 11) is 0. The van der Waals surface area contributed by atoms with E-state index < -0.39 is 97.7 Å². The predicted molar refractivity (Wildman–Crippen MR) is 310 cm³/mol. The van der Waals surface area contributed by atoms with Gasteiger partial charge in [-0.3, -0.25) is 43.2 Å². The first kappa shape index (κ1) is 66.0. The second-order valence-electron chi connectivity index (χ2n) is 15.3. The van der Waals surface area contributed by atoms with Gasteiger partial charge in [0.25, 0.3) is 23.6 Å². The SMILES string of the molecule is CC(=O)OCCN(C(=O)C(C)OC(C)=O)c1c(I)c(CCC(=O)OCc2c(I)c(N(CCO)C(=O)C(C)O)c(I)c(N(CCO)C(=O)C(C)O)c2I)c(I)c(N(CCOC(C)=O)C(=O)C(C)OC(C)=O)c1I. The number of nitrogens with zero attached hydrogens (tertiary/aromatic N) is 4. The van der Waals surface area contributed by atoms with Crippen LogP contribution in [0.3, 0.4) is 0 Å². The monoisotopic (exact) mass is 1690 g/mol. The smallest absolute Gasteiger partial charge is 0.306 e. The molecule has 4 unspecified atom stereocenters. The van der Waals surface area contributed by atoms with E-state index >= 15 is 0 Å². The highest BCUT2D eigenvalue weighted by Crippen LogP contribution is 2.45. The van der Waals surface area contributed by atoms with Crippen LogP contribution in [0.5, 0.6) is 0 Å². The summed E-state index contributed by atoms with van der Waals surface area (Å²) in [5, 5.41) is 40.8. The summed E-state index contributed by atoms with van der Waals surface area (Å²) >= 11 is 11.6. The molecule has 4 amide bonds. The van der Waals surface area contributed by atoms with Crippen molar-refractivity contribution < 1.29 is 87.3 Å². The average Bonchev–Trinajstić information content (AvgIpc) is 3.27. The Balaban J connectivity index is 2.99. The van der Waals surface area contributed by atoms with E-state index in [1.807, 2.05) is 136 Å². The van der Waals surface area contributed by atoms with Crippen molar-refractivity contribution in [1.82, 2.24) is 0 Å². The van der Waals surface area contributed by atoms with Crippen LogP contribution < -0.4 is 19.6 Å². The number of ether oxygens (including phenoxy) is 5. The van der Waals surface area contributed by atoms with Gasteiger partial charge in [-0.25, -0.2) is 0 Å². The molecule has 0 fully saturated rings. The zero-order valence-corrected chi connectivity index (χ0v) is 53.1. The molecule has 0 bridgehead atoms. The molecule has 0 heterocycles. The van der Waals surface area contributed by atoms with E-state index in [4.69, 9.17) is 23.7 Å². The van der Waals surface area contributed by atoms with Crippen LogP contribution in [-0.4, -0.2) is 151 Å². The van der Waals surface area contributed by atoms with Gasteiger partial charge in [-0.1, -0.05) is 0 Å². The maximum Gasteiger partial charge on any atom is 0.306 e. The molecule has 2 aromatic carbocycles. The van der Waals surface area contributed by atoms with Crippen LogP contribution in [0, 0.1) is 21.4 Å². The van der Waals surface area contributed by atoms with Crippen molar-refractivity contribution in [2.24, 2.45) is 0 Å². The molecule has 22 nitrogen and oxygen atoms in total. The highest BCUT2D eigenvalue weighted by Gasteiger charge is 2.37. The Kier molecular flexibility index (Phi) is 28.6. The van der Waals surface area contributed by atoms with E-state index in [0.717, 1.165) is 23.6 Å².